The monoisotopic (exact) mass is 410 g/mol. The van der Waals surface area contributed by atoms with Gasteiger partial charge in [-0.2, -0.15) is 0 Å². The van der Waals surface area contributed by atoms with Crippen molar-refractivity contribution < 1.29 is 4.79 Å². The fourth-order valence-corrected chi connectivity index (χ4v) is 5.09. The second-order valence-electron chi connectivity index (χ2n) is 7.38. The second kappa shape index (κ2) is 8.45. The zero-order valence-corrected chi connectivity index (χ0v) is 17.7. The number of carbonyl (C=O) groups is 1. The van der Waals surface area contributed by atoms with E-state index in [4.69, 9.17) is 0 Å². The Morgan fingerprint density at radius 2 is 2.00 bits per heavy atom. The van der Waals surface area contributed by atoms with Crippen LogP contribution in [0.2, 0.25) is 0 Å². The molecule has 6 nitrogen and oxygen atoms in total. The van der Waals surface area contributed by atoms with Gasteiger partial charge in [0.1, 0.15) is 5.82 Å². The van der Waals surface area contributed by atoms with Gasteiger partial charge < -0.3 is 4.90 Å². The Balaban J connectivity index is 1.58. The zero-order valence-electron chi connectivity index (χ0n) is 16.9. The highest BCUT2D eigenvalue weighted by molar-refractivity contribution is 7.21. The number of hydrogen-bond donors (Lipinski definition) is 0. The van der Waals surface area contributed by atoms with Gasteiger partial charge in [-0.05, 0) is 31.7 Å². The molecule has 0 bridgehead atoms. The third-order valence-electron chi connectivity index (χ3n) is 5.59. The minimum atomic E-state index is -0.154. The first-order chi connectivity index (χ1) is 14.1. The minimum Gasteiger partial charge on any atom is -0.338 e. The maximum Gasteiger partial charge on any atom is 0.281 e. The van der Waals surface area contributed by atoms with Gasteiger partial charge >= 0.3 is 0 Å². The van der Waals surface area contributed by atoms with Gasteiger partial charge in [0.2, 0.25) is 0 Å². The molecule has 3 heterocycles. The number of aryl methyl sites for hydroxylation is 2. The number of hydrogen-bond acceptors (Lipinski definition) is 6. The van der Waals surface area contributed by atoms with E-state index in [0.717, 1.165) is 36.8 Å². The molecule has 3 aromatic rings. The predicted molar refractivity (Wildman–Crippen MR) is 117 cm³/mol. The summed E-state index contributed by atoms with van der Waals surface area (Å²) in [5.74, 6) is 1.04. The van der Waals surface area contributed by atoms with E-state index in [1.54, 1.807) is 4.57 Å². The smallest absolute Gasteiger partial charge is 0.281 e. The molecule has 0 spiro atoms. The number of ketones is 1. The van der Waals surface area contributed by atoms with Crippen molar-refractivity contribution in [3.05, 3.63) is 52.1 Å². The summed E-state index contributed by atoms with van der Waals surface area (Å²) in [5, 5.41) is 0.746. The molecule has 1 aliphatic heterocycles. The molecule has 152 valence electrons. The van der Waals surface area contributed by atoms with Crippen LogP contribution in [-0.4, -0.2) is 32.9 Å². The molecule has 7 heteroatoms. The van der Waals surface area contributed by atoms with Gasteiger partial charge in [-0.25, -0.2) is 9.97 Å². The second-order valence-corrected chi connectivity index (χ2v) is 8.34. The van der Waals surface area contributed by atoms with Crippen LogP contribution in [-0.2, 0) is 24.2 Å². The summed E-state index contributed by atoms with van der Waals surface area (Å²) >= 11 is 1.43. The summed E-state index contributed by atoms with van der Waals surface area (Å²) in [5.41, 5.74) is 1.52. The number of Topliss-reactive ketones (excluding diaryl/α,β-unsaturated/α-hetero) is 1. The molecule has 0 aliphatic carbocycles. The molecule has 1 aliphatic rings. The highest BCUT2D eigenvalue weighted by Gasteiger charge is 2.32. The summed E-state index contributed by atoms with van der Waals surface area (Å²) in [7, 11) is 0. The first-order valence-electron chi connectivity index (χ1n) is 10.4. The zero-order chi connectivity index (χ0) is 20.4. The van der Waals surface area contributed by atoms with Crippen LogP contribution in [0.15, 0.2) is 35.1 Å². The number of anilines is 1. The Hall–Kier alpha value is -2.54. The van der Waals surface area contributed by atoms with E-state index >= 15 is 0 Å². The number of nitrogens with zero attached hydrogens (tertiary/aromatic N) is 4. The van der Waals surface area contributed by atoms with Crippen LogP contribution in [0.3, 0.4) is 0 Å². The lowest BCUT2D eigenvalue weighted by atomic mass is 10.0. The van der Waals surface area contributed by atoms with Gasteiger partial charge in [-0.3, -0.25) is 14.2 Å². The van der Waals surface area contributed by atoms with Crippen molar-refractivity contribution in [1.82, 2.24) is 14.5 Å². The van der Waals surface area contributed by atoms with Crippen molar-refractivity contribution in [3.63, 3.8) is 0 Å². The van der Waals surface area contributed by atoms with E-state index in [1.165, 1.54) is 16.9 Å². The number of fused-ring (bicyclic) bond motifs is 1. The fraction of sp³-hybridized carbons (Fsp3) is 0.455. The van der Waals surface area contributed by atoms with Crippen molar-refractivity contribution in [3.8, 4) is 0 Å². The fourth-order valence-electron chi connectivity index (χ4n) is 4.07. The van der Waals surface area contributed by atoms with Crippen molar-refractivity contribution in [1.29, 1.82) is 0 Å². The van der Waals surface area contributed by atoms with E-state index < -0.39 is 0 Å². The van der Waals surface area contributed by atoms with Crippen LogP contribution in [0.5, 0.6) is 0 Å². The van der Waals surface area contributed by atoms with Crippen molar-refractivity contribution in [2.24, 2.45) is 0 Å². The summed E-state index contributed by atoms with van der Waals surface area (Å²) in [4.78, 5) is 37.8. The van der Waals surface area contributed by atoms with Crippen molar-refractivity contribution in [2.45, 2.75) is 58.5 Å². The van der Waals surface area contributed by atoms with Crippen molar-refractivity contribution >= 4 is 32.6 Å². The summed E-state index contributed by atoms with van der Waals surface area (Å²) in [6.07, 6.45) is 3.79. The van der Waals surface area contributed by atoms with E-state index in [-0.39, 0.29) is 17.4 Å². The highest BCUT2D eigenvalue weighted by Crippen LogP contribution is 2.32. The third kappa shape index (κ3) is 3.83. The van der Waals surface area contributed by atoms with Crippen LogP contribution in [0.4, 0.5) is 5.13 Å². The SMILES string of the molecule is CCc1nc2sc(N3CCC[C@@H]3C(=O)CCc3ccccc3)nc2c(=O)n1CC. The lowest BCUT2D eigenvalue weighted by molar-refractivity contribution is -0.120. The summed E-state index contributed by atoms with van der Waals surface area (Å²) in [6.45, 7) is 5.33. The van der Waals surface area contributed by atoms with Gasteiger partial charge in [-0.15, -0.1) is 0 Å². The molecule has 0 N–H and O–H groups in total. The average Bonchev–Trinajstić information content (AvgIpc) is 3.39. The number of rotatable bonds is 7. The first kappa shape index (κ1) is 19.8. The molecular weight excluding hydrogens is 384 g/mol. The number of benzene rings is 1. The van der Waals surface area contributed by atoms with Crippen LogP contribution in [0.25, 0.3) is 10.3 Å². The van der Waals surface area contributed by atoms with Crippen LogP contribution < -0.4 is 10.5 Å². The van der Waals surface area contributed by atoms with Crippen molar-refractivity contribution in [2.75, 3.05) is 11.4 Å². The first-order valence-corrected chi connectivity index (χ1v) is 11.2. The topological polar surface area (TPSA) is 68.1 Å². The lowest BCUT2D eigenvalue weighted by Gasteiger charge is -2.22. The number of carbonyl (C=O) groups excluding carboxylic acids is 1. The molecule has 0 saturated carbocycles. The molecule has 1 saturated heterocycles. The Kier molecular flexibility index (Phi) is 5.76. The maximum absolute atomic E-state index is 12.9. The number of aromatic nitrogens is 3. The molecule has 1 aromatic carbocycles. The minimum absolute atomic E-state index is 0.0806. The molecule has 0 radical (unpaired) electrons. The molecule has 2 aromatic heterocycles. The Morgan fingerprint density at radius 1 is 1.21 bits per heavy atom. The van der Waals surface area contributed by atoms with Gasteiger partial charge in [-0.1, -0.05) is 48.6 Å². The average molecular weight is 411 g/mol. The molecule has 1 atom stereocenters. The van der Waals surface area contributed by atoms with Gasteiger partial charge in [0.25, 0.3) is 5.56 Å². The number of thiazole rings is 1. The molecule has 0 unspecified atom stereocenters. The largest absolute Gasteiger partial charge is 0.338 e. The highest BCUT2D eigenvalue weighted by atomic mass is 32.1. The molecule has 0 amide bonds. The molecule has 4 rings (SSSR count). The van der Waals surface area contributed by atoms with Crippen LogP contribution in [0.1, 0.15) is 44.5 Å². The molecular formula is C22H26N4O2S. The van der Waals surface area contributed by atoms with E-state index in [0.29, 0.717) is 29.7 Å². The lowest BCUT2D eigenvalue weighted by Crippen LogP contribution is -2.36. The van der Waals surface area contributed by atoms with E-state index in [9.17, 15) is 9.59 Å². The van der Waals surface area contributed by atoms with E-state index in [1.807, 2.05) is 32.0 Å². The Bertz CT molecular complexity index is 1070. The Morgan fingerprint density at radius 3 is 2.72 bits per heavy atom. The summed E-state index contributed by atoms with van der Waals surface area (Å²) < 4.78 is 1.69. The third-order valence-corrected chi connectivity index (χ3v) is 6.58. The summed E-state index contributed by atoms with van der Waals surface area (Å²) in [6, 6.07) is 9.96. The van der Waals surface area contributed by atoms with Crippen LogP contribution >= 0.6 is 11.3 Å². The van der Waals surface area contributed by atoms with Gasteiger partial charge in [0, 0.05) is 25.9 Å². The predicted octanol–water partition coefficient (Wildman–Crippen LogP) is 3.61. The molecule has 29 heavy (non-hydrogen) atoms. The molecule has 1 fully saturated rings. The van der Waals surface area contributed by atoms with Gasteiger partial charge in [0.15, 0.2) is 21.3 Å². The normalized spacial score (nSPS) is 16.6. The Labute approximate surface area is 174 Å². The maximum atomic E-state index is 12.9. The standard InChI is InChI=1S/C22H26N4O2S/c1-3-18-23-20-19(21(28)25(18)4-2)24-22(29-20)26-14-8-11-16(26)17(27)13-12-15-9-6-5-7-10-15/h5-7,9-10,16H,3-4,8,11-14H2,1-2H3/t16-/m1/s1. The van der Waals surface area contributed by atoms with Gasteiger partial charge in [0.05, 0.1) is 6.04 Å². The van der Waals surface area contributed by atoms with E-state index in [2.05, 4.69) is 27.0 Å². The van der Waals surface area contributed by atoms with Crippen LogP contribution in [0, 0.1) is 0 Å². The quantitative estimate of drug-likeness (QED) is 0.595.